The van der Waals surface area contributed by atoms with Crippen molar-refractivity contribution >= 4 is 5.69 Å². The Balaban J connectivity index is 1.78. The van der Waals surface area contributed by atoms with Crippen LogP contribution in [0.3, 0.4) is 0 Å². The van der Waals surface area contributed by atoms with Crippen molar-refractivity contribution in [3.8, 4) is 11.5 Å². The third-order valence-corrected chi connectivity index (χ3v) is 2.99. The van der Waals surface area contributed by atoms with Gasteiger partial charge in [-0.15, -0.1) is 0 Å². The molecule has 94 valence electrons. The van der Waals surface area contributed by atoms with Gasteiger partial charge in [-0.3, -0.25) is 0 Å². The fraction of sp³-hybridized carbons (Fsp3) is 0.286. The Labute approximate surface area is 106 Å². The second kappa shape index (κ2) is 4.29. The van der Waals surface area contributed by atoms with E-state index in [1.807, 2.05) is 44.3 Å². The molecule has 0 atom stereocenters. The highest BCUT2D eigenvalue weighted by molar-refractivity contribution is 5.56. The Morgan fingerprint density at radius 1 is 1.11 bits per heavy atom. The topological polar surface area (TPSA) is 34.8 Å². The highest BCUT2D eigenvalue weighted by atomic mass is 16.7. The standard InChI is InChI=1S/C14H15NO3/c1-10-3-5-12(18-10)8-15(2)11-4-6-13-14(7-11)17-9-16-13/h3-7H,8-9H2,1-2H3. The van der Waals surface area contributed by atoms with Crippen LogP contribution in [-0.4, -0.2) is 13.8 Å². The molecule has 0 saturated carbocycles. The minimum absolute atomic E-state index is 0.305. The lowest BCUT2D eigenvalue weighted by molar-refractivity contribution is 0.174. The van der Waals surface area contributed by atoms with Crippen molar-refractivity contribution in [3.63, 3.8) is 0 Å². The van der Waals surface area contributed by atoms with E-state index >= 15 is 0 Å². The number of ether oxygens (including phenoxy) is 2. The molecule has 1 aromatic heterocycles. The van der Waals surface area contributed by atoms with E-state index in [9.17, 15) is 0 Å². The summed E-state index contributed by atoms with van der Waals surface area (Å²) in [7, 11) is 2.02. The van der Waals surface area contributed by atoms with E-state index in [0.29, 0.717) is 6.79 Å². The van der Waals surface area contributed by atoms with Gasteiger partial charge < -0.3 is 18.8 Å². The summed E-state index contributed by atoms with van der Waals surface area (Å²) in [6.07, 6.45) is 0. The number of aryl methyl sites for hydroxylation is 1. The molecule has 1 aromatic carbocycles. The van der Waals surface area contributed by atoms with Crippen LogP contribution in [0.1, 0.15) is 11.5 Å². The van der Waals surface area contributed by atoms with Gasteiger partial charge in [0.25, 0.3) is 0 Å². The first-order valence-electron chi connectivity index (χ1n) is 5.88. The summed E-state index contributed by atoms with van der Waals surface area (Å²) >= 11 is 0. The first kappa shape index (κ1) is 11.0. The fourth-order valence-electron chi connectivity index (χ4n) is 2.02. The SMILES string of the molecule is Cc1ccc(CN(C)c2ccc3c(c2)OCO3)o1. The van der Waals surface area contributed by atoms with Crippen LogP contribution in [0.15, 0.2) is 34.7 Å². The molecule has 0 spiro atoms. The van der Waals surface area contributed by atoms with E-state index in [2.05, 4.69) is 4.90 Å². The predicted molar refractivity (Wildman–Crippen MR) is 68.1 cm³/mol. The van der Waals surface area contributed by atoms with E-state index < -0.39 is 0 Å². The van der Waals surface area contributed by atoms with E-state index in [1.165, 1.54) is 0 Å². The summed E-state index contributed by atoms with van der Waals surface area (Å²) in [4.78, 5) is 2.11. The largest absolute Gasteiger partial charge is 0.464 e. The van der Waals surface area contributed by atoms with Gasteiger partial charge in [0, 0.05) is 18.8 Å². The average molecular weight is 245 g/mol. The van der Waals surface area contributed by atoms with E-state index in [-0.39, 0.29) is 0 Å². The van der Waals surface area contributed by atoms with Gasteiger partial charge in [-0.05, 0) is 31.2 Å². The molecule has 0 saturated heterocycles. The highest BCUT2D eigenvalue weighted by Gasteiger charge is 2.15. The number of hydrogen-bond donors (Lipinski definition) is 0. The Kier molecular flexibility index (Phi) is 2.63. The molecular formula is C14H15NO3. The van der Waals surface area contributed by atoms with Crippen molar-refractivity contribution < 1.29 is 13.9 Å². The maximum Gasteiger partial charge on any atom is 0.231 e. The summed E-state index contributed by atoms with van der Waals surface area (Å²) in [6.45, 7) is 2.98. The number of anilines is 1. The van der Waals surface area contributed by atoms with Gasteiger partial charge in [0.1, 0.15) is 11.5 Å². The summed E-state index contributed by atoms with van der Waals surface area (Å²) in [5.74, 6) is 3.49. The van der Waals surface area contributed by atoms with Gasteiger partial charge in [-0.2, -0.15) is 0 Å². The minimum Gasteiger partial charge on any atom is -0.464 e. The normalized spacial score (nSPS) is 12.8. The van der Waals surface area contributed by atoms with Gasteiger partial charge in [0.2, 0.25) is 6.79 Å². The van der Waals surface area contributed by atoms with Crippen LogP contribution in [0.2, 0.25) is 0 Å². The van der Waals surface area contributed by atoms with E-state index in [0.717, 1.165) is 35.3 Å². The van der Waals surface area contributed by atoms with Crippen molar-refractivity contribution in [1.82, 2.24) is 0 Å². The Hall–Kier alpha value is -2.10. The number of hydrogen-bond acceptors (Lipinski definition) is 4. The molecule has 1 aliphatic heterocycles. The molecule has 0 amide bonds. The summed E-state index contributed by atoms with van der Waals surface area (Å²) in [5.41, 5.74) is 1.08. The zero-order valence-electron chi connectivity index (χ0n) is 10.5. The van der Waals surface area contributed by atoms with Crippen LogP contribution in [0, 0.1) is 6.92 Å². The first-order valence-corrected chi connectivity index (χ1v) is 5.88. The maximum atomic E-state index is 5.57. The predicted octanol–water partition coefficient (Wildman–Crippen LogP) is 2.95. The molecule has 0 unspecified atom stereocenters. The van der Waals surface area contributed by atoms with Crippen molar-refractivity contribution in [2.75, 3.05) is 18.7 Å². The molecule has 0 bridgehead atoms. The Morgan fingerprint density at radius 2 is 1.94 bits per heavy atom. The molecule has 3 rings (SSSR count). The number of nitrogens with zero attached hydrogens (tertiary/aromatic N) is 1. The third-order valence-electron chi connectivity index (χ3n) is 2.99. The summed E-state index contributed by atoms with van der Waals surface area (Å²) in [6, 6.07) is 9.91. The Morgan fingerprint density at radius 3 is 2.72 bits per heavy atom. The van der Waals surface area contributed by atoms with Gasteiger partial charge in [-0.1, -0.05) is 0 Å². The van der Waals surface area contributed by atoms with Crippen LogP contribution in [-0.2, 0) is 6.54 Å². The van der Waals surface area contributed by atoms with Crippen LogP contribution in [0.5, 0.6) is 11.5 Å². The molecule has 2 aromatic rings. The van der Waals surface area contributed by atoms with Crippen LogP contribution in [0.25, 0.3) is 0 Å². The molecule has 1 aliphatic rings. The third kappa shape index (κ3) is 2.01. The quantitative estimate of drug-likeness (QED) is 0.832. The fourth-order valence-corrected chi connectivity index (χ4v) is 2.02. The van der Waals surface area contributed by atoms with Crippen molar-refractivity contribution in [2.45, 2.75) is 13.5 Å². The highest BCUT2D eigenvalue weighted by Crippen LogP contribution is 2.35. The van der Waals surface area contributed by atoms with Gasteiger partial charge in [-0.25, -0.2) is 0 Å². The lowest BCUT2D eigenvalue weighted by Gasteiger charge is -2.18. The van der Waals surface area contributed by atoms with Crippen molar-refractivity contribution in [2.24, 2.45) is 0 Å². The van der Waals surface area contributed by atoms with Crippen LogP contribution < -0.4 is 14.4 Å². The second-order valence-corrected chi connectivity index (χ2v) is 4.41. The number of rotatable bonds is 3. The first-order chi connectivity index (χ1) is 8.72. The van der Waals surface area contributed by atoms with Gasteiger partial charge in [0.15, 0.2) is 11.5 Å². The van der Waals surface area contributed by atoms with Crippen LogP contribution >= 0.6 is 0 Å². The molecule has 2 heterocycles. The Bertz CT molecular complexity index is 562. The molecule has 4 heteroatoms. The minimum atomic E-state index is 0.305. The second-order valence-electron chi connectivity index (χ2n) is 4.41. The maximum absolute atomic E-state index is 5.57. The monoisotopic (exact) mass is 245 g/mol. The number of fused-ring (bicyclic) bond motifs is 1. The van der Waals surface area contributed by atoms with E-state index in [4.69, 9.17) is 13.9 Å². The lowest BCUT2D eigenvalue weighted by atomic mass is 10.2. The summed E-state index contributed by atoms with van der Waals surface area (Å²) < 4.78 is 16.2. The molecule has 0 radical (unpaired) electrons. The van der Waals surface area contributed by atoms with Crippen molar-refractivity contribution in [1.29, 1.82) is 0 Å². The van der Waals surface area contributed by atoms with Gasteiger partial charge >= 0.3 is 0 Å². The lowest BCUT2D eigenvalue weighted by Crippen LogP contribution is -2.15. The molecule has 0 fully saturated rings. The molecule has 0 aliphatic carbocycles. The van der Waals surface area contributed by atoms with E-state index in [1.54, 1.807) is 0 Å². The summed E-state index contributed by atoms with van der Waals surface area (Å²) in [5, 5.41) is 0. The average Bonchev–Trinajstić information content (AvgIpc) is 2.96. The number of furan rings is 1. The van der Waals surface area contributed by atoms with Gasteiger partial charge in [0.05, 0.1) is 6.54 Å². The molecule has 18 heavy (non-hydrogen) atoms. The smallest absolute Gasteiger partial charge is 0.231 e. The molecule has 4 nitrogen and oxygen atoms in total. The number of benzene rings is 1. The van der Waals surface area contributed by atoms with Crippen molar-refractivity contribution in [3.05, 3.63) is 41.9 Å². The zero-order chi connectivity index (χ0) is 12.5. The molecular weight excluding hydrogens is 230 g/mol. The zero-order valence-corrected chi connectivity index (χ0v) is 10.5. The molecule has 0 N–H and O–H groups in total. The van der Waals surface area contributed by atoms with Crippen LogP contribution in [0.4, 0.5) is 5.69 Å².